The standard InChI is InChI=1S/C9H24NSi2.Li/c1-8-9-10(11(2,3)4)12(5,6)7;/h1,8-9H2,2-7H3;/q-1;+1. The largest absolute Gasteiger partial charge is 1.00 e. The first kappa shape index (κ1) is 16.4. The van der Waals surface area contributed by atoms with Crippen LogP contribution >= 0.6 is 0 Å². The average molecular weight is 209 g/mol. The molecule has 0 atom stereocenters. The van der Waals surface area contributed by atoms with Crippen LogP contribution in [-0.4, -0.2) is 27.2 Å². The summed E-state index contributed by atoms with van der Waals surface area (Å²) in [5.74, 6) is 0. The molecule has 0 unspecified atom stereocenters. The molecule has 0 radical (unpaired) electrons. The van der Waals surface area contributed by atoms with Gasteiger partial charge in [0.05, 0.1) is 0 Å². The summed E-state index contributed by atoms with van der Waals surface area (Å²) in [7, 11) is -2.18. The molecule has 0 aromatic heterocycles. The summed E-state index contributed by atoms with van der Waals surface area (Å²) in [6.45, 7) is 19.7. The fourth-order valence-corrected chi connectivity index (χ4v) is 11.5. The van der Waals surface area contributed by atoms with E-state index in [2.05, 4.69) is 50.4 Å². The Labute approximate surface area is 98.6 Å². The first-order chi connectivity index (χ1) is 5.19. The van der Waals surface area contributed by atoms with Gasteiger partial charge in [-0.2, -0.15) is 6.42 Å². The van der Waals surface area contributed by atoms with Crippen LogP contribution in [-0.2, 0) is 0 Å². The second-order valence-corrected chi connectivity index (χ2v) is 15.6. The van der Waals surface area contributed by atoms with Gasteiger partial charge in [0.1, 0.15) is 16.5 Å². The Bertz CT molecular complexity index is 124. The molecule has 0 rings (SSSR count). The Kier molecular flexibility index (Phi) is 7.29. The summed E-state index contributed by atoms with van der Waals surface area (Å²) >= 11 is 0. The molecule has 0 heterocycles. The second-order valence-electron chi connectivity index (χ2n) is 5.35. The van der Waals surface area contributed by atoms with Crippen LogP contribution in [0.25, 0.3) is 0 Å². The average Bonchev–Trinajstić information content (AvgIpc) is 1.77. The van der Waals surface area contributed by atoms with E-state index in [-0.39, 0.29) is 18.9 Å². The molecule has 0 aliphatic carbocycles. The van der Waals surface area contributed by atoms with Crippen molar-refractivity contribution in [1.82, 2.24) is 4.23 Å². The maximum atomic E-state index is 3.96. The predicted molar refractivity (Wildman–Crippen MR) is 63.4 cm³/mol. The van der Waals surface area contributed by atoms with Crippen molar-refractivity contribution >= 4 is 16.5 Å². The molecular weight excluding hydrogens is 185 g/mol. The zero-order valence-electron chi connectivity index (χ0n) is 10.6. The van der Waals surface area contributed by atoms with E-state index in [1.165, 1.54) is 6.54 Å². The summed E-state index contributed by atoms with van der Waals surface area (Å²) in [5.41, 5.74) is 0. The van der Waals surface area contributed by atoms with Crippen LogP contribution in [0.4, 0.5) is 0 Å². The minimum Gasteiger partial charge on any atom is -0.348 e. The molecule has 1 nitrogen and oxygen atoms in total. The van der Waals surface area contributed by atoms with Crippen LogP contribution in [0.5, 0.6) is 0 Å². The van der Waals surface area contributed by atoms with E-state index < -0.39 is 16.5 Å². The third kappa shape index (κ3) is 6.14. The zero-order chi connectivity index (χ0) is 9.99. The van der Waals surface area contributed by atoms with Gasteiger partial charge in [-0.3, -0.25) is 0 Å². The summed E-state index contributed by atoms with van der Waals surface area (Å²) in [6, 6.07) is 0. The molecule has 0 bridgehead atoms. The van der Waals surface area contributed by atoms with Gasteiger partial charge in [0.15, 0.2) is 0 Å². The Hall–Kier alpha value is 0.991. The third-order valence-electron chi connectivity index (χ3n) is 2.00. The molecule has 0 N–H and O–H groups in total. The van der Waals surface area contributed by atoms with E-state index >= 15 is 0 Å². The first-order valence-corrected chi connectivity index (χ1v) is 11.7. The van der Waals surface area contributed by atoms with Gasteiger partial charge in [0, 0.05) is 0 Å². The Morgan fingerprint density at radius 1 is 0.923 bits per heavy atom. The number of rotatable bonds is 4. The molecule has 0 aliphatic heterocycles. The van der Waals surface area contributed by atoms with Crippen molar-refractivity contribution in [3.05, 3.63) is 6.92 Å². The van der Waals surface area contributed by atoms with Crippen LogP contribution in [0.15, 0.2) is 0 Å². The molecule has 0 aromatic rings. The molecule has 0 aromatic carbocycles. The number of hydrogen-bond acceptors (Lipinski definition) is 1. The van der Waals surface area contributed by atoms with Gasteiger partial charge in [0.25, 0.3) is 0 Å². The zero-order valence-corrected chi connectivity index (χ0v) is 12.6. The van der Waals surface area contributed by atoms with Crippen LogP contribution in [0.3, 0.4) is 0 Å². The van der Waals surface area contributed by atoms with Crippen molar-refractivity contribution in [3.8, 4) is 0 Å². The van der Waals surface area contributed by atoms with Crippen molar-refractivity contribution in [2.45, 2.75) is 45.7 Å². The van der Waals surface area contributed by atoms with Gasteiger partial charge < -0.3 is 11.2 Å². The minimum atomic E-state index is -1.09. The normalized spacial score (nSPS) is 12.9. The monoisotopic (exact) mass is 209 g/mol. The van der Waals surface area contributed by atoms with E-state index in [0.29, 0.717) is 0 Å². The SMILES string of the molecule is [CH2-]CCN([Si](C)(C)C)[Si](C)(C)C.[Li+]. The summed E-state index contributed by atoms with van der Waals surface area (Å²) in [4.78, 5) is 0. The Morgan fingerprint density at radius 3 is 1.31 bits per heavy atom. The molecule has 0 saturated carbocycles. The molecule has 0 fully saturated rings. The van der Waals surface area contributed by atoms with Crippen LogP contribution < -0.4 is 18.9 Å². The van der Waals surface area contributed by atoms with Crippen LogP contribution in [0, 0.1) is 6.92 Å². The van der Waals surface area contributed by atoms with Gasteiger partial charge in [-0.05, 0) is 6.54 Å². The first-order valence-electron chi connectivity index (χ1n) is 4.76. The summed E-state index contributed by atoms with van der Waals surface area (Å²) in [6.07, 6.45) is 1.05. The van der Waals surface area contributed by atoms with Crippen molar-refractivity contribution < 1.29 is 18.9 Å². The van der Waals surface area contributed by atoms with Gasteiger partial charge in [-0.1, -0.05) is 39.3 Å². The third-order valence-corrected chi connectivity index (χ3v) is 9.71. The van der Waals surface area contributed by atoms with Crippen LogP contribution in [0.2, 0.25) is 39.3 Å². The van der Waals surface area contributed by atoms with Gasteiger partial charge in [0.2, 0.25) is 0 Å². The Morgan fingerprint density at radius 2 is 1.23 bits per heavy atom. The number of hydrogen-bond donors (Lipinski definition) is 0. The van der Waals surface area contributed by atoms with Crippen molar-refractivity contribution in [2.75, 3.05) is 6.54 Å². The minimum absolute atomic E-state index is 0. The molecule has 13 heavy (non-hydrogen) atoms. The molecular formula is C9H24LiNSi2. The van der Waals surface area contributed by atoms with Gasteiger partial charge >= 0.3 is 18.9 Å². The van der Waals surface area contributed by atoms with Crippen molar-refractivity contribution in [2.24, 2.45) is 0 Å². The predicted octanol–water partition coefficient (Wildman–Crippen LogP) is 0.186. The van der Waals surface area contributed by atoms with Gasteiger partial charge in [-0.25, -0.2) is 0 Å². The fraction of sp³-hybridized carbons (Fsp3) is 0.889. The molecule has 74 valence electrons. The fourth-order valence-electron chi connectivity index (χ4n) is 1.84. The number of nitrogens with zero attached hydrogens (tertiary/aromatic N) is 1. The summed E-state index contributed by atoms with van der Waals surface area (Å²) in [5, 5.41) is 0. The maximum absolute atomic E-state index is 3.96. The molecule has 0 aliphatic rings. The summed E-state index contributed by atoms with van der Waals surface area (Å²) < 4.78 is 2.77. The molecule has 0 spiro atoms. The molecule has 0 saturated heterocycles. The molecule has 4 heteroatoms. The molecule has 0 amide bonds. The topological polar surface area (TPSA) is 3.24 Å². The van der Waals surface area contributed by atoms with E-state index in [0.717, 1.165) is 6.42 Å². The van der Waals surface area contributed by atoms with Crippen molar-refractivity contribution in [3.63, 3.8) is 0 Å². The van der Waals surface area contributed by atoms with E-state index in [1.807, 2.05) is 0 Å². The Balaban J connectivity index is 0. The van der Waals surface area contributed by atoms with Gasteiger partial charge in [-0.15, -0.1) is 0 Å². The smallest absolute Gasteiger partial charge is 0.348 e. The van der Waals surface area contributed by atoms with E-state index in [1.54, 1.807) is 0 Å². The van der Waals surface area contributed by atoms with E-state index in [9.17, 15) is 0 Å². The maximum Gasteiger partial charge on any atom is 1.00 e. The van der Waals surface area contributed by atoms with E-state index in [4.69, 9.17) is 0 Å². The van der Waals surface area contributed by atoms with Crippen LogP contribution in [0.1, 0.15) is 6.42 Å². The van der Waals surface area contributed by atoms with Crippen molar-refractivity contribution in [1.29, 1.82) is 0 Å². The second kappa shape index (κ2) is 5.77. The quantitative estimate of drug-likeness (QED) is 0.472.